The van der Waals surface area contributed by atoms with E-state index in [-0.39, 0.29) is 24.7 Å². The van der Waals surface area contributed by atoms with Crippen molar-refractivity contribution in [3.05, 3.63) is 89.2 Å². The van der Waals surface area contributed by atoms with Crippen molar-refractivity contribution in [2.75, 3.05) is 26.8 Å². The van der Waals surface area contributed by atoms with Gasteiger partial charge in [-0.25, -0.2) is 9.13 Å². The van der Waals surface area contributed by atoms with Crippen molar-refractivity contribution in [2.24, 2.45) is 0 Å². The number of hydrogen-bond donors (Lipinski definition) is 0. The van der Waals surface area contributed by atoms with E-state index in [1.165, 1.54) is 10.5 Å². The van der Waals surface area contributed by atoms with E-state index in [2.05, 4.69) is 16.1 Å². The molecule has 0 saturated carbocycles. The third-order valence-electron chi connectivity index (χ3n) is 7.19. The molecule has 0 fully saturated rings. The van der Waals surface area contributed by atoms with E-state index in [1.54, 1.807) is 44.7 Å². The van der Waals surface area contributed by atoms with E-state index in [1.807, 2.05) is 42.5 Å². The van der Waals surface area contributed by atoms with Gasteiger partial charge in [0.1, 0.15) is 31.5 Å². The first-order chi connectivity index (χ1) is 19.2. The first kappa shape index (κ1) is 27.7. The average molecular weight is 561 g/mol. The van der Waals surface area contributed by atoms with Crippen LogP contribution in [0.2, 0.25) is 0 Å². The highest BCUT2D eigenvalue weighted by Crippen LogP contribution is 2.36. The molecular formula is C31H35N3O5P+. The molecule has 1 aromatic heterocycles. The molecule has 8 nitrogen and oxygen atoms in total. The average Bonchev–Trinajstić information content (AvgIpc) is 3.38. The predicted molar refractivity (Wildman–Crippen MR) is 155 cm³/mol. The fraction of sp³-hybridized carbons (Fsp3) is 0.323. The summed E-state index contributed by atoms with van der Waals surface area (Å²) in [6, 6.07) is 20.9. The van der Waals surface area contributed by atoms with Gasteiger partial charge < -0.3 is 14.0 Å². The summed E-state index contributed by atoms with van der Waals surface area (Å²) in [7, 11) is -0.596. The second-order valence-electron chi connectivity index (χ2n) is 10.5. The van der Waals surface area contributed by atoms with Gasteiger partial charge in [0.15, 0.2) is 11.0 Å². The van der Waals surface area contributed by atoms with Gasteiger partial charge in [0.25, 0.3) is 17.6 Å². The summed E-state index contributed by atoms with van der Waals surface area (Å²) in [6.45, 7) is 7.07. The minimum atomic E-state index is -2.24. The first-order valence-corrected chi connectivity index (χ1v) is 16.3. The van der Waals surface area contributed by atoms with E-state index >= 15 is 0 Å². The van der Waals surface area contributed by atoms with E-state index in [4.69, 9.17) is 9.47 Å². The van der Waals surface area contributed by atoms with Gasteiger partial charge in [-0.1, -0.05) is 24.3 Å². The largest absolute Gasteiger partial charge is 0.497 e. The Morgan fingerprint density at radius 2 is 1.55 bits per heavy atom. The van der Waals surface area contributed by atoms with Crippen molar-refractivity contribution < 1.29 is 28.2 Å². The predicted octanol–water partition coefficient (Wildman–Crippen LogP) is 5.35. The Balaban J connectivity index is 1.41. The van der Waals surface area contributed by atoms with Crippen LogP contribution in [0.5, 0.6) is 11.5 Å². The number of carbonyl (C=O) groups excluding carboxylic acids is 2. The fourth-order valence-electron chi connectivity index (χ4n) is 5.22. The Hall–Kier alpha value is -3.90. The number of methoxy groups -OCH3 is 1. The van der Waals surface area contributed by atoms with Crippen LogP contribution >= 0.6 is 7.14 Å². The normalized spacial score (nSPS) is 13.2. The number of fused-ring (bicyclic) bond motifs is 2. The number of imidazole rings is 1. The molecule has 0 saturated heterocycles. The van der Waals surface area contributed by atoms with Gasteiger partial charge in [0.05, 0.1) is 31.3 Å². The summed E-state index contributed by atoms with van der Waals surface area (Å²) in [5.41, 5.74) is 4.10. The molecule has 5 rings (SSSR count). The molecule has 0 aliphatic carbocycles. The number of aromatic nitrogens is 2. The molecule has 3 aromatic carbocycles. The number of carbonyl (C=O) groups is 2. The molecule has 9 heteroatoms. The van der Waals surface area contributed by atoms with Crippen LogP contribution in [0.3, 0.4) is 0 Å². The minimum absolute atomic E-state index is 0.182. The molecule has 4 aromatic rings. The molecule has 0 N–H and O–H groups in total. The number of imide groups is 1. The van der Waals surface area contributed by atoms with Gasteiger partial charge in [-0.15, -0.1) is 0 Å². The maximum atomic E-state index is 13.2. The first-order valence-electron chi connectivity index (χ1n) is 13.5. The summed E-state index contributed by atoms with van der Waals surface area (Å²) < 4.78 is 27.5. The lowest BCUT2D eigenvalue weighted by molar-refractivity contribution is -0.677. The van der Waals surface area contributed by atoms with Crippen molar-refractivity contribution in [1.82, 2.24) is 9.47 Å². The van der Waals surface area contributed by atoms with E-state index in [0.717, 1.165) is 35.4 Å². The number of rotatable bonds is 11. The molecule has 1 aliphatic heterocycles. The lowest BCUT2D eigenvalue weighted by Crippen LogP contribution is -2.42. The number of aryl methyl sites for hydroxylation is 3. The topological polar surface area (TPSA) is 81.7 Å². The third-order valence-corrected chi connectivity index (χ3v) is 7.94. The molecule has 1 aliphatic rings. The number of hydrogen-bond acceptors (Lipinski definition) is 5. The van der Waals surface area contributed by atoms with Gasteiger partial charge in [0, 0.05) is 6.07 Å². The standard InChI is InChI=1S/C31H35N3O5P/c1-5-32-27-17-16-24(38-2)19-28(27)33(18-8-9-22-12-14-23(15-13-22)39-21-40(3,4)37)29(32)20-34-30(35)25-10-6-7-11-26(25)31(34)36/h6-7,10-17,19H,5,8-9,18,20-21H2,1-4H3/q+1. The Morgan fingerprint density at radius 3 is 2.15 bits per heavy atom. The van der Waals surface area contributed by atoms with Crippen LogP contribution in [-0.4, -0.2) is 48.1 Å². The number of amides is 2. The molecule has 0 spiro atoms. The number of benzene rings is 3. The zero-order valence-electron chi connectivity index (χ0n) is 23.4. The van der Waals surface area contributed by atoms with Crippen molar-refractivity contribution in [1.29, 1.82) is 0 Å². The van der Waals surface area contributed by atoms with Crippen LogP contribution < -0.4 is 14.0 Å². The van der Waals surface area contributed by atoms with Crippen molar-refractivity contribution in [3.63, 3.8) is 0 Å². The maximum absolute atomic E-state index is 13.2. The molecule has 2 amide bonds. The molecular weight excluding hydrogens is 525 g/mol. The number of ether oxygens (including phenoxy) is 2. The molecule has 0 unspecified atom stereocenters. The second-order valence-corrected chi connectivity index (χ2v) is 13.9. The Bertz CT molecular complexity index is 1590. The van der Waals surface area contributed by atoms with Gasteiger partial charge in [-0.2, -0.15) is 0 Å². The second kappa shape index (κ2) is 11.3. The lowest BCUT2D eigenvalue weighted by Gasteiger charge is -2.13. The van der Waals surface area contributed by atoms with Crippen LogP contribution in [0.15, 0.2) is 66.7 Å². The molecule has 2 heterocycles. The molecule has 0 radical (unpaired) electrons. The molecule has 40 heavy (non-hydrogen) atoms. The summed E-state index contributed by atoms with van der Waals surface area (Å²) in [4.78, 5) is 27.8. The van der Waals surface area contributed by atoms with Crippen molar-refractivity contribution >= 4 is 30.0 Å². The minimum Gasteiger partial charge on any atom is -0.497 e. The van der Waals surface area contributed by atoms with Crippen molar-refractivity contribution in [2.45, 2.75) is 39.4 Å². The van der Waals surface area contributed by atoms with Gasteiger partial charge in [-0.05, 0) is 75.1 Å². The summed E-state index contributed by atoms with van der Waals surface area (Å²) in [6.07, 6.45) is 1.91. The highest BCUT2D eigenvalue weighted by atomic mass is 31.2. The monoisotopic (exact) mass is 560 g/mol. The maximum Gasteiger partial charge on any atom is 0.277 e. The Labute approximate surface area is 234 Å². The highest BCUT2D eigenvalue weighted by Gasteiger charge is 2.38. The summed E-state index contributed by atoms with van der Waals surface area (Å²) in [5, 5.41) is 0. The van der Waals surface area contributed by atoms with Crippen LogP contribution in [0.1, 0.15) is 45.4 Å². The Kier molecular flexibility index (Phi) is 7.81. The van der Waals surface area contributed by atoms with Crippen LogP contribution in [0, 0.1) is 0 Å². The van der Waals surface area contributed by atoms with Gasteiger partial charge in [0.2, 0.25) is 0 Å². The summed E-state index contributed by atoms with van der Waals surface area (Å²) >= 11 is 0. The zero-order chi connectivity index (χ0) is 28.4. The number of nitrogens with zero attached hydrogens (tertiary/aromatic N) is 3. The fourth-order valence-corrected chi connectivity index (χ4v) is 5.68. The van der Waals surface area contributed by atoms with Gasteiger partial charge in [-0.3, -0.25) is 14.5 Å². The lowest BCUT2D eigenvalue weighted by atomic mass is 10.1. The molecule has 208 valence electrons. The van der Waals surface area contributed by atoms with Gasteiger partial charge >= 0.3 is 0 Å². The van der Waals surface area contributed by atoms with E-state index < -0.39 is 7.14 Å². The highest BCUT2D eigenvalue weighted by molar-refractivity contribution is 7.62. The van der Waals surface area contributed by atoms with E-state index in [0.29, 0.717) is 30.0 Å². The molecule has 0 bridgehead atoms. The third kappa shape index (κ3) is 5.54. The quantitative estimate of drug-likeness (QED) is 0.140. The smallest absolute Gasteiger partial charge is 0.277 e. The van der Waals surface area contributed by atoms with Crippen LogP contribution in [0.25, 0.3) is 11.0 Å². The molecule has 0 atom stereocenters. The Morgan fingerprint density at radius 1 is 0.900 bits per heavy atom. The van der Waals surface area contributed by atoms with Crippen molar-refractivity contribution in [3.8, 4) is 11.5 Å². The van der Waals surface area contributed by atoms with Crippen LogP contribution in [-0.2, 0) is 30.6 Å². The summed E-state index contributed by atoms with van der Waals surface area (Å²) in [5.74, 6) is 1.84. The van der Waals surface area contributed by atoms with E-state index in [9.17, 15) is 14.2 Å². The van der Waals surface area contributed by atoms with Crippen LogP contribution in [0.4, 0.5) is 0 Å². The zero-order valence-corrected chi connectivity index (χ0v) is 24.3. The SMILES string of the molecule is CC[n+]1c(CN2C(=O)c3ccccc3C2=O)n(CCCc2ccc(OCP(C)(C)=O)cc2)c2cc(OC)ccc21.